The third-order valence-electron chi connectivity index (χ3n) is 3.93. The van der Waals surface area contributed by atoms with E-state index in [-0.39, 0.29) is 10.8 Å². The van der Waals surface area contributed by atoms with E-state index >= 15 is 0 Å². The summed E-state index contributed by atoms with van der Waals surface area (Å²) in [6.07, 6.45) is 1.12. The number of hydrogen-bond donors (Lipinski definition) is 1. The van der Waals surface area contributed by atoms with Crippen molar-refractivity contribution in [1.29, 1.82) is 0 Å². The molecule has 0 aromatic heterocycles. The van der Waals surface area contributed by atoms with Crippen LogP contribution in [0, 0.1) is 0 Å². The Bertz CT molecular complexity index is 444. The van der Waals surface area contributed by atoms with Crippen LogP contribution in [0.5, 0.6) is 5.75 Å². The van der Waals surface area contributed by atoms with Crippen LogP contribution in [0.4, 0.5) is 0 Å². The van der Waals surface area contributed by atoms with E-state index in [1.54, 1.807) is 0 Å². The van der Waals surface area contributed by atoms with Gasteiger partial charge in [0.2, 0.25) is 0 Å². The predicted octanol–water partition coefficient (Wildman–Crippen LogP) is 5.50. The quantitative estimate of drug-likeness (QED) is 0.746. The van der Waals surface area contributed by atoms with Crippen molar-refractivity contribution in [2.75, 3.05) is 0 Å². The molecule has 0 aliphatic carbocycles. The lowest BCUT2D eigenvalue weighted by Crippen LogP contribution is -2.18. The Balaban J connectivity index is 3.55. The molecule has 1 rings (SSSR count). The van der Waals surface area contributed by atoms with E-state index in [4.69, 9.17) is 0 Å². The summed E-state index contributed by atoms with van der Waals surface area (Å²) in [5, 5.41) is 10.4. The monoisotopic (exact) mass is 262 g/mol. The van der Waals surface area contributed by atoms with Crippen LogP contribution in [0.15, 0.2) is 12.1 Å². The minimum absolute atomic E-state index is 0.0251. The van der Waals surface area contributed by atoms with Gasteiger partial charge in [0.05, 0.1) is 0 Å². The molecule has 0 amide bonds. The average molecular weight is 262 g/mol. The summed E-state index contributed by atoms with van der Waals surface area (Å²) in [5.41, 5.74) is 3.75. The molecule has 0 heterocycles. The topological polar surface area (TPSA) is 20.2 Å². The average Bonchev–Trinajstić information content (AvgIpc) is 2.24. The van der Waals surface area contributed by atoms with Gasteiger partial charge in [0.15, 0.2) is 0 Å². The maximum atomic E-state index is 10.4. The van der Waals surface area contributed by atoms with E-state index in [0.717, 1.165) is 12.0 Å². The summed E-state index contributed by atoms with van der Waals surface area (Å²) < 4.78 is 0. The Hall–Kier alpha value is -0.980. The van der Waals surface area contributed by atoms with Crippen molar-refractivity contribution in [3.63, 3.8) is 0 Å². The van der Waals surface area contributed by atoms with Gasteiger partial charge in [-0.3, -0.25) is 0 Å². The van der Waals surface area contributed by atoms with E-state index in [1.807, 2.05) is 6.07 Å². The first-order valence-corrected chi connectivity index (χ1v) is 7.36. The number of hydrogen-bond acceptors (Lipinski definition) is 1. The number of phenols is 1. The zero-order valence-electron chi connectivity index (χ0n) is 13.9. The summed E-state index contributed by atoms with van der Waals surface area (Å²) in [6.45, 7) is 17.6. The lowest BCUT2D eigenvalue weighted by Gasteiger charge is -2.30. The molecule has 0 radical (unpaired) electrons. The van der Waals surface area contributed by atoms with E-state index in [2.05, 4.69) is 61.5 Å². The van der Waals surface area contributed by atoms with Crippen LogP contribution in [0.25, 0.3) is 0 Å². The van der Waals surface area contributed by atoms with Crippen molar-refractivity contribution in [1.82, 2.24) is 0 Å². The summed E-state index contributed by atoms with van der Waals surface area (Å²) in [7, 11) is 0. The van der Waals surface area contributed by atoms with Gasteiger partial charge in [-0.1, -0.05) is 61.5 Å². The lowest BCUT2D eigenvalue weighted by atomic mass is 9.76. The van der Waals surface area contributed by atoms with Gasteiger partial charge in [0.25, 0.3) is 0 Å². The number of rotatable bonds is 2. The summed E-state index contributed by atoms with van der Waals surface area (Å²) in [4.78, 5) is 0. The molecule has 1 aromatic rings. The highest BCUT2D eigenvalue weighted by Gasteiger charge is 2.26. The molecule has 0 fully saturated rings. The SMILES string of the molecule is CCC(C)c1cc(C(C)(C)C)c(O)cc1C(C)(C)C. The van der Waals surface area contributed by atoms with E-state index in [1.165, 1.54) is 11.1 Å². The minimum atomic E-state index is -0.0251. The Kier molecular flexibility index (Phi) is 4.39. The van der Waals surface area contributed by atoms with Crippen molar-refractivity contribution < 1.29 is 5.11 Å². The number of phenolic OH excluding ortho intramolecular Hbond substituents is 1. The van der Waals surface area contributed by atoms with Crippen molar-refractivity contribution in [2.24, 2.45) is 0 Å². The number of aromatic hydroxyl groups is 1. The Morgan fingerprint density at radius 3 is 1.79 bits per heavy atom. The molecule has 108 valence electrons. The van der Waals surface area contributed by atoms with Crippen molar-refractivity contribution in [3.8, 4) is 5.75 Å². The molecule has 1 nitrogen and oxygen atoms in total. The smallest absolute Gasteiger partial charge is 0.119 e. The first kappa shape index (κ1) is 16.1. The van der Waals surface area contributed by atoms with Crippen LogP contribution < -0.4 is 0 Å². The highest BCUT2D eigenvalue weighted by atomic mass is 16.3. The van der Waals surface area contributed by atoms with E-state index in [9.17, 15) is 5.11 Å². The van der Waals surface area contributed by atoms with Crippen LogP contribution in [0.2, 0.25) is 0 Å². The summed E-state index contributed by atoms with van der Waals surface area (Å²) in [6, 6.07) is 4.21. The molecule has 1 N–H and O–H groups in total. The third kappa shape index (κ3) is 3.52. The van der Waals surface area contributed by atoms with Crippen molar-refractivity contribution in [2.45, 2.75) is 78.6 Å². The van der Waals surface area contributed by atoms with Crippen molar-refractivity contribution >= 4 is 0 Å². The third-order valence-corrected chi connectivity index (χ3v) is 3.93. The molecule has 1 aromatic carbocycles. The van der Waals surface area contributed by atoms with Gasteiger partial charge in [-0.05, 0) is 45.9 Å². The predicted molar refractivity (Wildman–Crippen MR) is 84.2 cm³/mol. The zero-order chi connectivity index (χ0) is 15.0. The van der Waals surface area contributed by atoms with Gasteiger partial charge in [-0.25, -0.2) is 0 Å². The van der Waals surface area contributed by atoms with E-state index < -0.39 is 0 Å². The fraction of sp³-hybridized carbons (Fsp3) is 0.667. The molecular formula is C18H30O. The molecule has 1 atom stereocenters. The van der Waals surface area contributed by atoms with Crippen molar-refractivity contribution in [3.05, 3.63) is 28.8 Å². The van der Waals surface area contributed by atoms with Gasteiger partial charge in [0.1, 0.15) is 5.75 Å². The van der Waals surface area contributed by atoms with Gasteiger partial charge in [-0.2, -0.15) is 0 Å². The molecular weight excluding hydrogens is 232 g/mol. The standard InChI is InChI=1S/C18H30O/c1-9-12(2)13-10-15(18(6,7)8)16(19)11-14(13)17(3,4)5/h10-12,19H,9H2,1-8H3. The normalized spacial score (nSPS) is 14.5. The fourth-order valence-corrected chi connectivity index (χ4v) is 2.48. The van der Waals surface area contributed by atoms with Gasteiger partial charge >= 0.3 is 0 Å². The minimum Gasteiger partial charge on any atom is -0.508 e. The largest absolute Gasteiger partial charge is 0.508 e. The Labute approximate surface area is 119 Å². The van der Waals surface area contributed by atoms with Crippen LogP contribution in [-0.4, -0.2) is 5.11 Å². The molecule has 0 aliphatic heterocycles. The second kappa shape index (κ2) is 5.19. The maximum absolute atomic E-state index is 10.4. The van der Waals surface area contributed by atoms with Crippen LogP contribution in [0.3, 0.4) is 0 Å². The highest BCUT2D eigenvalue weighted by Crippen LogP contribution is 2.40. The lowest BCUT2D eigenvalue weighted by molar-refractivity contribution is 0.441. The second-order valence-electron chi connectivity index (χ2n) is 7.77. The fourth-order valence-electron chi connectivity index (χ4n) is 2.48. The molecule has 0 saturated heterocycles. The van der Waals surface area contributed by atoms with Crippen LogP contribution >= 0.6 is 0 Å². The zero-order valence-corrected chi connectivity index (χ0v) is 13.9. The van der Waals surface area contributed by atoms with Gasteiger partial charge < -0.3 is 5.11 Å². The van der Waals surface area contributed by atoms with Crippen LogP contribution in [-0.2, 0) is 10.8 Å². The summed E-state index contributed by atoms with van der Waals surface area (Å²) in [5.74, 6) is 0.959. The molecule has 1 heteroatoms. The van der Waals surface area contributed by atoms with Gasteiger partial charge in [-0.15, -0.1) is 0 Å². The first-order chi connectivity index (χ1) is 8.48. The van der Waals surface area contributed by atoms with E-state index in [0.29, 0.717) is 11.7 Å². The summed E-state index contributed by atoms with van der Waals surface area (Å²) >= 11 is 0. The second-order valence-corrected chi connectivity index (χ2v) is 7.77. The van der Waals surface area contributed by atoms with Gasteiger partial charge in [0, 0.05) is 0 Å². The molecule has 0 saturated carbocycles. The Morgan fingerprint density at radius 2 is 1.42 bits per heavy atom. The molecule has 1 unspecified atom stereocenters. The Morgan fingerprint density at radius 1 is 0.947 bits per heavy atom. The van der Waals surface area contributed by atoms with Crippen LogP contribution in [0.1, 0.15) is 84.4 Å². The number of benzene rings is 1. The first-order valence-electron chi connectivity index (χ1n) is 7.36. The molecule has 19 heavy (non-hydrogen) atoms. The highest BCUT2D eigenvalue weighted by molar-refractivity contribution is 5.48. The molecule has 0 bridgehead atoms. The molecule has 0 aliphatic rings. The maximum Gasteiger partial charge on any atom is 0.119 e. The molecule has 0 spiro atoms.